The first-order chi connectivity index (χ1) is 7.83. The summed E-state index contributed by atoms with van der Waals surface area (Å²) < 4.78 is 4.99. The van der Waals surface area contributed by atoms with Crippen LogP contribution in [0.1, 0.15) is 19.5 Å². The molecule has 1 N–H and O–H groups in total. The summed E-state index contributed by atoms with van der Waals surface area (Å²) in [5, 5.41) is 7.87. The van der Waals surface area contributed by atoms with Gasteiger partial charge in [-0.05, 0) is 6.07 Å². The molecule has 0 bridgehead atoms. The fourth-order valence-electron chi connectivity index (χ4n) is 1.42. The number of rotatable bonds is 2. The third-order valence-electron chi connectivity index (χ3n) is 2.06. The maximum absolute atomic E-state index is 11.4. The lowest BCUT2D eigenvalue weighted by atomic mass is 10.1. The van der Waals surface area contributed by atoms with Crippen LogP contribution in [0, 0.1) is 0 Å². The largest absolute Gasteiger partial charge is 0.378 e. The number of nitrogens with one attached hydrogen (secondary N) is 1. The van der Waals surface area contributed by atoms with E-state index in [4.69, 9.17) is 4.74 Å². The van der Waals surface area contributed by atoms with Gasteiger partial charge in [0, 0.05) is 12.5 Å². The summed E-state index contributed by atoms with van der Waals surface area (Å²) in [6, 6.07) is 7.34. The molecule has 0 aliphatic carbocycles. The van der Waals surface area contributed by atoms with Gasteiger partial charge >= 0.3 is 0 Å². The molecule has 1 aromatic carbocycles. The Balaban J connectivity index is 0.000000606. The normalized spacial score (nSPS) is 9.69. The molecule has 0 radical (unpaired) electrons. The second-order valence-electron chi connectivity index (χ2n) is 2.98. The lowest BCUT2D eigenvalue weighted by Gasteiger charge is -2.02. The number of H-pyrrole nitrogens is 1. The standard InChI is InChI=1S/C10H10N2O2.C2H6/c1-14-6-9-7-4-2-3-5-8(7)10(13)12-11-9;1-2/h2-5H,6H2,1H3,(H,12,13);1-2H3. The van der Waals surface area contributed by atoms with Gasteiger partial charge in [-0.15, -0.1) is 0 Å². The Morgan fingerprint density at radius 3 is 2.50 bits per heavy atom. The second-order valence-corrected chi connectivity index (χ2v) is 2.98. The molecule has 2 aromatic rings. The maximum atomic E-state index is 11.4. The van der Waals surface area contributed by atoms with Crippen molar-refractivity contribution in [1.29, 1.82) is 0 Å². The van der Waals surface area contributed by atoms with Gasteiger partial charge < -0.3 is 4.74 Å². The maximum Gasteiger partial charge on any atom is 0.272 e. The van der Waals surface area contributed by atoms with Crippen molar-refractivity contribution in [2.45, 2.75) is 20.5 Å². The van der Waals surface area contributed by atoms with E-state index in [0.717, 1.165) is 11.1 Å². The summed E-state index contributed by atoms with van der Waals surface area (Å²) in [6.45, 7) is 4.40. The smallest absolute Gasteiger partial charge is 0.272 e. The van der Waals surface area contributed by atoms with Gasteiger partial charge in [-0.3, -0.25) is 4.79 Å². The average molecular weight is 220 g/mol. The van der Waals surface area contributed by atoms with E-state index in [9.17, 15) is 4.79 Å². The lowest BCUT2D eigenvalue weighted by molar-refractivity contribution is 0.182. The molecule has 4 heteroatoms. The molecular formula is C12H16N2O2. The Morgan fingerprint density at radius 1 is 1.25 bits per heavy atom. The molecule has 16 heavy (non-hydrogen) atoms. The van der Waals surface area contributed by atoms with E-state index in [-0.39, 0.29) is 5.56 Å². The van der Waals surface area contributed by atoms with Gasteiger partial charge in [0.15, 0.2) is 0 Å². The molecule has 1 aromatic heterocycles. The number of aromatic amines is 1. The number of benzene rings is 1. The number of hydrogen-bond acceptors (Lipinski definition) is 3. The van der Waals surface area contributed by atoms with Crippen LogP contribution in [0.15, 0.2) is 29.1 Å². The quantitative estimate of drug-likeness (QED) is 0.843. The number of hydrogen-bond donors (Lipinski definition) is 1. The highest BCUT2D eigenvalue weighted by Crippen LogP contribution is 2.12. The molecule has 0 saturated heterocycles. The molecule has 0 aliphatic rings. The second kappa shape index (κ2) is 6.02. The zero-order valence-corrected chi connectivity index (χ0v) is 9.78. The summed E-state index contributed by atoms with van der Waals surface area (Å²) >= 11 is 0. The minimum Gasteiger partial charge on any atom is -0.378 e. The van der Waals surface area contributed by atoms with Crippen LogP contribution in [0.5, 0.6) is 0 Å². The van der Waals surface area contributed by atoms with Crippen LogP contribution in [0.2, 0.25) is 0 Å². The van der Waals surface area contributed by atoms with E-state index in [2.05, 4.69) is 10.2 Å². The Hall–Kier alpha value is -1.68. The fourth-order valence-corrected chi connectivity index (χ4v) is 1.42. The van der Waals surface area contributed by atoms with E-state index in [1.165, 1.54) is 0 Å². The van der Waals surface area contributed by atoms with Crippen molar-refractivity contribution in [3.05, 3.63) is 40.3 Å². The van der Waals surface area contributed by atoms with Crippen LogP contribution in [0.3, 0.4) is 0 Å². The minimum atomic E-state index is -0.166. The number of aromatic nitrogens is 2. The predicted octanol–water partition coefficient (Wildman–Crippen LogP) is 2.10. The van der Waals surface area contributed by atoms with Crippen molar-refractivity contribution in [3.63, 3.8) is 0 Å². The zero-order chi connectivity index (χ0) is 12.0. The number of fused-ring (bicyclic) bond motifs is 1. The number of ether oxygens (including phenoxy) is 1. The molecule has 0 fully saturated rings. The first-order valence-corrected chi connectivity index (χ1v) is 5.28. The van der Waals surface area contributed by atoms with E-state index in [1.54, 1.807) is 13.2 Å². The Labute approximate surface area is 94.3 Å². The van der Waals surface area contributed by atoms with Crippen LogP contribution in [0.25, 0.3) is 10.8 Å². The summed E-state index contributed by atoms with van der Waals surface area (Å²) in [7, 11) is 1.60. The van der Waals surface area contributed by atoms with Gasteiger partial charge in [-0.2, -0.15) is 5.10 Å². The first-order valence-electron chi connectivity index (χ1n) is 5.28. The van der Waals surface area contributed by atoms with Gasteiger partial charge in [0.05, 0.1) is 17.7 Å². The van der Waals surface area contributed by atoms with Crippen molar-refractivity contribution in [3.8, 4) is 0 Å². The highest BCUT2D eigenvalue weighted by atomic mass is 16.5. The van der Waals surface area contributed by atoms with E-state index < -0.39 is 0 Å². The molecule has 0 amide bonds. The molecule has 0 spiro atoms. The fraction of sp³-hybridized carbons (Fsp3) is 0.333. The summed E-state index contributed by atoms with van der Waals surface area (Å²) in [5.74, 6) is 0. The molecule has 0 saturated carbocycles. The number of methoxy groups -OCH3 is 1. The van der Waals surface area contributed by atoms with E-state index in [0.29, 0.717) is 12.0 Å². The molecule has 1 heterocycles. The summed E-state index contributed by atoms with van der Waals surface area (Å²) in [5.41, 5.74) is 0.586. The third-order valence-corrected chi connectivity index (χ3v) is 2.06. The van der Waals surface area contributed by atoms with Gasteiger partial charge in [0.25, 0.3) is 5.56 Å². The average Bonchev–Trinajstić information content (AvgIpc) is 2.36. The molecule has 0 atom stereocenters. The molecule has 86 valence electrons. The van der Waals surface area contributed by atoms with Crippen LogP contribution in [-0.4, -0.2) is 17.3 Å². The Bertz CT molecular complexity index is 506. The van der Waals surface area contributed by atoms with Gasteiger partial charge in [-0.1, -0.05) is 32.0 Å². The highest BCUT2D eigenvalue weighted by molar-refractivity contribution is 5.83. The highest BCUT2D eigenvalue weighted by Gasteiger charge is 2.04. The van der Waals surface area contributed by atoms with Crippen molar-refractivity contribution < 1.29 is 4.74 Å². The molecular weight excluding hydrogens is 204 g/mol. The van der Waals surface area contributed by atoms with Crippen LogP contribution in [0.4, 0.5) is 0 Å². The third kappa shape index (κ3) is 2.46. The van der Waals surface area contributed by atoms with Crippen LogP contribution >= 0.6 is 0 Å². The van der Waals surface area contributed by atoms with Crippen LogP contribution in [-0.2, 0) is 11.3 Å². The summed E-state index contributed by atoms with van der Waals surface area (Å²) in [6.07, 6.45) is 0. The first kappa shape index (κ1) is 12.4. The van der Waals surface area contributed by atoms with Gasteiger partial charge in [-0.25, -0.2) is 5.10 Å². The molecule has 0 unspecified atom stereocenters. The predicted molar refractivity (Wildman–Crippen MR) is 64.4 cm³/mol. The van der Waals surface area contributed by atoms with Gasteiger partial charge in [0.1, 0.15) is 0 Å². The lowest BCUT2D eigenvalue weighted by Crippen LogP contribution is -2.11. The minimum absolute atomic E-state index is 0.166. The molecule has 0 aliphatic heterocycles. The Kier molecular flexibility index (Phi) is 4.66. The zero-order valence-electron chi connectivity index (χ0n) is 9.78. The monoisotopic (exact) mass is 220 g/mol. The number of nitrogens with zero attached hydrogens (tertiary/aromatic N) is 1. The van der Waals surface area contributed by atoms with Crippen molar-refractivity contribution in [2.75, 3.05) is 7.11 Å². The van der Waals surface area contributed by atoms with Crippen LogP contribution < -0.4 is 5.56 Å². The topological polar surface area (TPSA) is 55.0 Å². The van der Waals surface area contributed by atoms with E-state index >= 15 is 0 Å². The molecule has 4 nitrogen and oxygen atoms in total. The van der Waals surface area contributed by atoms with Crippen molar-refractivity contribution in [1.82, 2.24) is 10.2 Å². The van der Waals surface area contributed by atoms with Gasteiger partial charge in [0.2, 0.25) is 0 Å². The van der Waals surface area contributed by atoms with Crippen molar-refractivity contribution in [2.24, 2.45) is 0 Å². The summed E-state index contributed by atoms with van der Waals surface area (Å²) in [4.78, 5) is 11.4. The Morgan fingerprint density at radius 2 is 1.88 bits per heavy atom. The van der Waals surface area contributed by atoms with Crippen molar-refractivity contribution >= 4 is 10.8 Å². The van der Waals surface area contributed by atoms with E-state index in [1.807, 2.05) is 32.0 Å². The SMILES string of the molecule is CC.COCc1n[nH]c(=O)c2ccccc12. The molecule has 2 rings (SSSR count).